The first kappa shape index (κ1) is 22.8. The lowest BCUT2D eigenvalue weighted by atomic mass is 10.1. The van der Waals surface area contributed by atoms with E-state index in [9.17, 15) is 14.9 Å². The quantitative estimate of drug-likeness (QED) is 0.350. The number of H-pyrrole nitrogens is 1. The van der Waals surface area contributed by atoms with Gasteiger partial charge in [-0.25, -0.2) is 9.97 Å². The monoisotopic (exact) mass is 468 g/mol. The number of nitrogens with one attached hydrogen (secondary N) is 3. The van der Waals surface area contributed by atoms with E-state index in [-0.39, 0.29) is 23.1 Å². The molecule has 3 N–H and O–H groups in total. The van der Waals surface area contributed by atoms with Crippen molar-refractivity contribution >= 4 is 35.0 Å². The third-order valence-electron chi connectivity index (χ3n) is 4.97. The lowest BCUT2D eigenvalue weighted by molar-refractivity contribution is 0.102. The number of hydrogen-bond donors (Lipinski definition) is 3. The van der Waals surface area contributed by atoms with Crippen molar-refractivity contribution in [3.8, 4) is 17.3 Å². The number of aromatic amines is 1. The molecule has 0 unspecified atom stereocenters. The number of nitrogens with zero attached hydrogens (tertiary/aromatic N) is 3. The molecule has 0 aliphatic carbocycles. The van der Waals surface area contributed by atoms with Crippen molar-refractivity contribution in [2.24, 2.45) is 0 Å². The fourth-order valence-electron chi connectivity index (χ4n) is 3.25. The van der Waals surface area contributed by atoms with Gasteiger partial charge in [0, 0.05) is 23.1 Å². The second-order valence-corrected chi connectivity index (χ2v) is 8.13. The van der Waals surface area contributed by atoms with Crippen LogP contribution < -0.4 is 16.2 Å². The molecule has 8 nitrogen and oxygen atoms in total. The van der Waals surface area contributed by atoms with Crippen molar-refractivity contribution in [3.05, 3.63) is 93.9 Å². The molecule has 34 heavy (non-hydrogen) atoms. The van der Waals surface area contributed by atoms with Crippen LogP contribution in [-0.4, -0.2) is 27.1 Å². The van der Waals surface area contributed by atoms with Gasteiger partial charge in [-0.3, -0.25) is 14.6 Å². The van der Waals surface area contributed by atoms with Crippen LogP contribution in [-0.2, 0) is 0 Å². The highest BCUT2D eigenvalue weighted by Crippen LogP contribution is 2.24. The van der Waals surface area contributed by atoms with E-state index in [0.29, 0.717) is 21.8 Å². The second kappa shape index (κ2) is 10.0. The summed E-state index contributed by atoms with van der Waals surface area (Å²) >= 11 is 1.39. The Bertz CT molecular complexity index is 1440. The molecular weight excluding hydrogens is 448 g/mol. The topological polar surface area (TPSA) is 124 Å². The molecule has 168 valence electrons. The summed E-state index contributed by atoms with van der Waals surface area (Å²) in [6, 6.07) is 19.8. The van der Waals surface area contributed by atoms with E-state index in [4.69, 9.17) is 0 Å². The van der Waals surface area contributed by atoms with Crippen LogP contribution in [0.1, 0.15) is 21.5 Å². The standard InChI is InChI=1S/C25H20N6O2S/c1-15-5-9-18(10-6-15)29-25-30-21(20(14-26)23(33)31-25)16-7-11-17(12-8-16)28-22(32)19-4-3-13-27-24(19)34-2/h3-13H,1-2H3,(H,28,32)(H2,29,30,31,33). The Morgan fingerprint density at radius 2 is 1.76 bits per heavy atom. The van der Waals surface area contributed by atoms with Crippen LogP contribution >= 0.6 is 11.8 Å². The van der Waals surface area contributed by atoms with Crippen molar-refractivity contribution in [1.82, 2.24) is 15.0 Å². The number of rotatable bonds is 6. The van der Waals surface area contributed by atoms with Crippen LogP contribution in [0.5, 0.6) is 0 Å². The summed E-state index contributed by atoms with van der Waals surface area (Å²) in [6.45, 7) is 1.98. The molecule has 0 atom stereocenters. The molecule has 0 spiro atoms. The molecule has 1 amide bonds. The van der Waals surface area contributed by atoms with Crippen molar-refractivity contribution < 1.29 is 4.79 Å². The Morgan fingerprint density at radius 1 is 1.06 bits per heavy atom. The maximum atomic E-state index is 12.7. The largest absolute Gasteiger partial charge is 0.326 e. The smallest absolute Gasteiger partial charge is 0.270 e. The Balaban J connectivity index is 1.60. The summed E-state index contributed by atoms with van der Waals surface area (Å²) in [4.78, 5) is 36.5. The summed E-state index contributed by atoms with van der Waals surface area (Å²) in [7, 11) is 0. The minimum atomic E-state index is -0.541. The summed E-state index contributed by atoms with van der Waals surface area (Å²) < 4.78 is 0. The van der Waals surface area contributed by atoms with Gasteiger partial charge in [0.05, 0.1) is 11.3 Å². The Kier molecular flexibility index (Phi) is 6.71. The molecule has 4 aromatic rings. The van der Waals surface area contributed by atoms with Crippen molar-refractivity contribution in [1.29, 1.82) is 5.26 Å². The van der Waals surface area contributed by atoms with E-state index in [1.165, 1.54) is 11.8 Å². The third-order valence-corrected chi connectivity index (χ3v) is 5.68. The molecular formula is C25H20N6O2S. The van der Waals surface area contributed by atoms with Gasteiger partial charge in [0.2, 0.25) is 5.95 Å². The maximum Gasteiger partial charge on any atom is 0.270 e. The first-order chi connectivity index (χ1) is 16.5. The predicted molar refractivity (Wildman–Crippen MR) is 133 cm³/mol. The first-order valence-corrected chi connectivity index (χ1v) is 11.5. The number of thioether (sulfide) groups is 1. The number of nitriles is 1. The molecule has 0 saturated carbocycles. The van der Waals surface area contributed by atoms with E-state index >= 15 is 0 Å². The summed E-state index contributed by atoms with van der Waals surface area (Å²) in [5.41, 5.74) is 3.08. The molecule has 2 aromatic heterocycles. The molecule has 2 heterocycles. The molecule has 0 aliphatic heterocycles. The lowest BCUT2D eigenvalue weighted by Gasteiger charge is -2.11. The average molecular weight is 469 g/mol. The van der Waals surface area contributed by atoms with Crippen molar-refractivity contribution in [2.45, 2.75) is 11.9 Å². The van der Waals surface area contributed by atoms with Gasteiger partial charge in [-0.15, -0.1) is 11.8 Å². The number of benzene rings is 2. The molecule has 4 rings (SSSR count). The van der Waals surface area contributed by atoms with Gasteiger partial charge in [0.1, 0.15) is 16.7 Å². The van der Waals surface area contributed by atoms with Crippen LogP contribution in [0.3, 0.4) is 0 Å². The number of aryl methyl sites for hydroxylation is 1. The van der Waals surface area contributed by atoms with Gasteiger partial charge in [-0.05, 0) is 49.6 Å². The maximum absolute atomic E-state index is 12.7. The van der Waals surface area contributed by atoms with Gasteiger partial charge < -0.3 is 10.6 Å². The zero-order chi connectivity index (χ0) is 24.1. The number of aromatic nitrogens is 3. The number of carbonyl (C=O) groups is 1. The van der Waals surface area contributed by atoms with Gasteiger partial charge in [0.25, 0.3) is 11.5 Å². The molecule has 0 radical (unpaired) electrons. The molecule has 0 bridgehead atoms. The molecule has 0 fully saturated rings. The van der Waals surface area contributed by atoms with E-state index in [1.54, 1.807) is 42.6 Å². The Morgan fingerprint density at radius 3 is 2.44 bits per heavy atom. The molecule has 0 aliphatic rings. The summed E-state index contributed by atoms with van der Waals surface area (Å²) in [5, 5.41) is 16.1. The van der Waals surface area contributed by atoms with Crippen LogP contribution in [0.25, 0.3) is 11.3 Å². The minimum absolute atomic E-state index is 0.0915. The molecule has 9 heteroatoms. The molecule has 0 saturated heterocycles. The number of hydrogen-bond acceptors (Lipinski definition) is 7. The summed E-state index contributed by atoms with van der Waals surface area (Å²) in [6.07, 6.45) is 3.50. The van der Waals surface area contributed by atoms with E-state index in [0.717, 1.165) is 11.3 Å². The van der Waals surface area contributed by atoms with Crippen LogP contribution in [0.4, 0.5) is 17.3 Å². The number of anilines is 3. The highest BCUT2D eigenvalue weighted by molar-refractivity contribution is 7.98. The lowest BCUT2D eigenvalue weighted by Crippen LogP contribution is -2.16. The fraction of sp³-hybridized carbons (Fsp3) is 0.0800. The fourth-order valence-corrected chi connectivity index (χ4v) is 3.80. The van der Waals surface area contributed by atoms with Crippen LogP contribution in [0.2, 0.25) is 0 Å². The predicted octanol–water partition coefficient (Wildman–Crippen LogP) is 4.73. The van der Waals surface area contributed by atoms with Gasteiger partial charge >= 0.3 is 0 Å². The van der Waals surface area contributed by atoms with Gasteiger partial charge in [0.15, 0.2) is 0 Å². The van der Waals surface area contributed by atoms with Crippen LogP contribution in [0, 0.1) is 18.3 Å². The first-order valence-electron chi connectivity index (χ1n) is 10.3. The zero-order valence-electron chi connectivity index (χ0n) is 18.4. The number of carbonyl (C=O) groups excluding carboxylic acids is 1. The number of pyridine rings is 1. The normalized spacial score (nSPS) is 10.4. The third kappa shape index (κ3) is 4.98. The Labute approximate surface area is 200 Å². The van der Waals surface area contributed by atoms with Crippen molar-refractivity contribution in [2.75, 3.05) is 16.9 Å². The van der Waals surface area contributed by atoms with Crippen LogP contribution in [0.15, 0.2) is 76.7 Å². The Hall–Kier alpha value is -4.42. The van der Waals surface area contributed by atoms with Crippen molar-refractivity contribution in [3.63, 3.8) is 0 Å². The second-order valence-electron chi connectivity index (χ2n) is 7.33. The van der Waals surface area contributed by atoms with Gasteiger partial charge in [-0.1, -0.05) is 29.8 Å². The molecule has 2 aromatic carbocycles. The number of amides is 1. The van der Waals surface area contributed by atoms with E-state index in [1.807, 2.05) is 43.5 Å². The highest BCUT2D eigenvalue weighted by Gasteiger charge is 2.15. The highest BCUT2D eigenvalue weighted by atomic mass is 32.2. The van der Waals surface area contributed by atoms with E-state index in [2.05, 4.69) is 25.6 Å². The van der Waals surface area contributed by atoms with E-state index < -0.39 is 5.56 Å². The minimum Gasteiger partial charge on any atom is -0.326 e. The SMILES string of the molecule is CSc1ncccc1C(=O)Nc1ccc(-c2nc(Nc3ccc(C)cc3)[nH]c(=O)c2C#N)cc1. The average Bonchev–Trinajstić information content (AvgIpc) is 2.85. The zero-order valence-corrected chi connectivity index (χ0v) is 19.2. The van der Waals surface area contributed by atoms with Gasteiger partial charge in [-0.2, -0.15) is 5.26 Å². The summed E-state index contributed by atoms with van der Waals surface area (Å²) in [5.74, 6) is -0.0526.